The summed E-state index contributed by atoms with van der Waals surface area (Å²) in [5.74, 6) is -2.24. The molecule has 1 aliphatic heterocycles. The second kappa shape index (κ2) is 17.9. The molecule has 0 radical (unpaired) electrons. The lowest BCUT2D eigenvalue weighted by atomic mass is 9.88. The number of nitrogens with one attached hydrogen (secondary N) is 2. The van der Waals surface area contributed by atoms with Gasteiger partial charge in [-0.25, -0.2) is 8.42 Å². The maximum absolute atomic E-state index is 14.0. The van der Waals surface area contributed by atoms with Crippen LogP contribution in [0.2, 0.25) is 0 Å². The molecule has 12 N–H and O–H groups in total. The molecule has 0 aliphatic carbocycles. The quantitative estimate of drug-likeness (QED) is 0.127. The van der Waals surface area contributed by atoms with E-state index in [4.69, 9.17) is 10.5 Å². The first-order chi connectivity index (χ1) is 20.0. The van der Waals surface area contributed by atoms with Crippen LogP contribution in [0, 0.1) is 0 Å². The number of sulfone groups is 1. The summed E-state index contributed by atoms with van der Waals surface area (Å²) in [6.07, 6.45) is 3.16. The van der Waals surface area contributed by atoms with Gasteiger partial charge in [0, 0.05) is 29.2 Å². The molecule has 44 heavy (non-hydrogen) atoms. The molecule has 2 aromatic rings. The van der Waals surface area contributed by atoms with Gasteiger partial charge in [0.2, 0.25) is 0 Å². The second-order valence-electron chi connectivity index (χ2n) is 10.4. The summed E-state index contributed by atoms with van der Waals surface area (Å²) in [6.45, 7) is 4.10. The van der Waals surface area contributed by atoms with Gasteiger partial charge in [-0.1, -0.05) is 78.6 Å². The number of fused-ring (bicyclic) bond motifs is 1. The lowest BCUT2D eigenvalue weighted by Crippen LogP contribution is -2.50. The number of methoxy groups -OCH3 is 1. The predicted molar refractivity (Wildman–Crippen MR) is 175 cm³/mol. The number of benzene rings is 2. The summed E-state index contributed by atoms with van der Waals surface area (Å²) in [6, 6.07) is 10.4. The van der Waals surface area contributed by atoms with Crippen molar-refractivity contribution in [1.82, 2.24) is 22.9 Å². The number of hydrogen-bond acceptors (Lipinski definition) is 12. The highest BCUT2D eigenvalue weighted by molar-refractivity contribution is 8.76. The number of unbranched alkanes of at least 4 members (excludes halogenated alkanes) is 1. The minimum Gasteiger partial charge on any atom is -0.548 e. The monoisotopic (exact) mass is 673 g/mol. The zero-order valence-electron chi connectivity index (χ0n) is 26.1. The lowest BCUT2D eigenvalue weighted by molar-refractivity contribution is -0.308. The highest BCUT2D eigenvalue weighted by Crippen LogP contribution is 2.41. The van der Waals surface area contributed by atoms with Gasteiger partial charge in [0.15, 0.2) is 9.84 Å². The molecule has 0 bridgehead atoms. The second-order valence-corrected chi connectivity index (χ2v) is 14.9. The number of hydrogen-bond donors (Lipinski definition) is 5. The SMILES string of the molecule is CCCC[C@]1(CC)CS(=O)(=O)c2cc(CN[C@@H](CSSC[C@H](N)C(=O)[O-])C(=O)[O-])c(OC)cc2[C@@H](c2ccccc2)N1.[NH4+].[NH4+]. The van der Waals surface area contributed by atoms with Gasteiger partial charge in [0.05, 0.1) is 47.8 Å². The van der Waals surface area contributed by atoms with Gasteiger partial charge in [-0.3, -0.25) is 5.32 Å². The standard InChI is InChI=1S/C29H41N3O7S3.2H3N/c1-4-6-12-29(5-2)18-42(37,38)25-13-20(15-31-23(28(35)36)17-41-40-16-22(30)27(33)34)24(39-3)14-21(25)26(32-29)19-10-8-7-9-11-19;;/h7-11,13-14,22-23,26,31-32H,4-6,12,15-18,30H2,1-3H3,(H,33,34)(H,35,36);2*1H3/t22-,23-,26+,29+;;/m0../s1. The number of carbonyl (C=O) groups excluding carboxylic acids is 2. The summed E-state index contributed by atoms with van der Waals surface area (Å²) >= 11 is 0. The Morgan fingerprint density at radius 1 is 1.11 bits per heavy atom. The molecule has 0 fully saturated rings. The van der Waals surface area contributed by atoms with Crippen LogP contribution >= 0.6 is 21.6 Å². The third kappa shape index (κ3) is 10.1. The van der Waals surface area contributed by atoms with Crippen LogP contribution in [0.15, 0.2) is 47.4 Å². The lowest BCUT2D eigenvalue weighted by Gasteiger charge is -2.36. The van der Waals surface area contributed by atoms with E-state index in [1.807, 2.05) is 37.3 Å². The van der Waals surface area contributed by atoms with E-state index in [9.17, 15) is 28.2 Å². The summed E-state index contributed by atoms with van der Waals surface area (Å²) in [5.41, 5.74) is 6.82. The zero-order valence-corrected chi connectivity index (χ0v) is 28.5. The molecular formula is C29H47N5O7S3. The molecule has 248 valence electrons. The Kier molecular flexibility index (Phi) is 16.2. The van der Waals surface area contributed by atoms with Crippen LogP contribution in [0.4, 0.5) is 0 Å². The highest BCUT2D eigenvalue weighted by atomic mass is 33.1. The first-order valence-electron chi connectivity index (χ1n) is 13.9. The van der Waals surface area contributed by atoms with E-state index in [0.29, 0.717) is 29.7 Å². The molecule has 0 unspecified atom stereocenters. The Hall–Kier alpha value is -2.37. The molecule has 3 rings (SSSR count). The third-order valence-electron chi connectivity index (χ3n) is 7.49. The van der Waals surface area contributed by atoms with Gasteiger partial charge in [0.25, 0.3) is 0 Å². The van der Waals surface area contributed by atoms with E-state index in [0.717, 1.165) is 40.0 Å². The molecule has 0 spiro atoms. The number of nitrogens with two attached hydrogens (primary N) is 1. The van der Waals surface area contributed by atoms with Crippen molar-refractivity contribution in [2.24, 2.45) is 5.73 Å². The molecule has 12 nitrogen and oxygen atoms in total. The number of aliphatic carboxylic acids is 2. The topological polar surface area (TPSA) is 247 Å². The van der Waals surface area contributed by atoms with Crippen molar-refractivity contribution >= 4 is 43.4 Å². The Morgan fingerprint density at radius 2 is 1.77 bits per heavy atom. The molecular weight excluding hydrogens is 627 g/mol. The fourth-order valence-electron chi connectivity index (χ4n) is 5.01. The summed E-state index contributed by atoms with van der Waals surface area (Å²) in [4.78, 5) is 22.8. The van der Waals surface area contributed by atoms with Crippen LogP contribution < -0.4 is 43.6 Å². The van der Waals surface area contributed by atoms with Crippen molar-refractivity contribution in [3.8, 4) is 5.75 Å². The number of carboxylic acid groups (broad SMARTS) is 2. The van der Waals surface area contributed by atoms with E-state index < -0.39 is 45.4 Å². The average molecular weight is 674 g/mol. The largest absolute Gasteiger partial charge is 0.548 e. The first kappa shape index (κ1) is 39.7. The molecule has 0 saturated carbocycles. The minimum atomic E-state index is -3.75. The van der Waals surface area contributed by atoms with Crippen molar-refractivity contribution in [3.63, 3.8) is 0 Å². The predicted octanol–water partition coefficient (Wildman–Crippen LogP) is 1.92. The van der Waals surface area contributed by atoms with Crippen LogP contribution in [0.25, 0.3) is 0 Å². The van der Waals surface area contributed by atoms with E-state index in [1.54, 1.807) is 12.1 Å². The number of carboxylic acids is 2. The number of ether oxygens (including phenoxy) is 1. The van der Waals surface area contributed by atoms with Gasteiger partial charge in [-0.2, -0.15) is 0 Å². The van der Waals surface area contributed by atoms with E-state index in [2.05, 4.69) is 17.6 Å². The van der Waals surface area contributed by atoms with Crippen molar-refractivity contribution < 1.29 is 33.0 Å². The van der Waals surface area contributed by atoms with Crippen LogP contribution in [-0.4, -0.2) is 62.3 Å². The van der Waals surface area contributed by atoms with E-state index in [1.165, 1.54) is 7.11 Å². The summed E-state index contributed by atoms with van der Waals surface area (Å²) in [7, 11) is -0.00431. The molecule has 15 heteroatoms. The van der Waals surface area contributed by atoms with E-state index in [-0.39, 0.29) is 41.0 Å². The van der Waals surface area contributed by atoms with Gasteiger partial charge < -0.3 is 47.9 Å². The molecule has 0 aromatic heterocycles. The Balaban J connectivity index is 0.00000484. The molecule has 1 heterocycles. The van der Waals surface area contributed by atoms with Gasteiger partial charge >= 0.3 is 0 Å². The van der Waals surface area contributed by atoms with Crippen molar-refractivity contribution in [1.29, 1.82) is 0 Å². The van der Waals surface area contributed by atoms with Crippen LogP contribution in [0.5, 0.6) is 5.75 Å². The molecule has 0 saturated heterocycles. The number of quaternary nitrogens is 2. The van der Waals surface area contributed by atoms with Crippen LogP contribution in [0.3, 0.4) is 0 Å². The molecule has 0 amide bonds. The van der Waals surface area contributed by atoms with Crippen molar-refractivity contribution in [2.45, 2.75) is 74.6 Å². The molecule has 4 atom stereocenters. The van der Waals surface area contributed by atoms with Gasteiger partial charge in [0.1, 0.15) is 5.75 Å². The maximum Gasteiger partial charge on any atom is 0.180 e. The fourth-order valence-corrected chi connectivity index (χ4v) is 9.47. The average Bonchev–Trinajstić information content (AvgIpc) is 3.06. The smallest absolute Gasteiger partial charge is 0.180 e. The zero-order chi connectivity index (χ0) is 30.9. The molecule has 2 aromatic carbocycles. The fraction of sp³-hybridized carbons (Fsp3) is 0.517. The number of rotatable bonds is 16. The maximum atomic E-state index is 14.0. The van der Waals surface area contributed by atoms with Crippen LogP contribution in [0.1, 0.15) is 62.3 Å². The highest BCUT2D eigenvalue weighted by Gasteiger charge is 2.42. The van der Waals surface area contributed by atoms with E-state index >= 15 is 0 Å². The third-order valence-corrected chi connectivity index (χ3v) is 11.9. The Morgan fingerprint density at radius 3 is 2.34 bits per heavy atom. The molecule has 1 aliphatic rings. The number of carbonyl (C=O) groups is 2. The normalized spacial score (nSPS) is 20.1. The minimum absolute atomic E-state index is 0. The van der Waals surface area contributed by atoms with Crippen molar-refractivity contribution in [2.75, 3.05) is 24.4 Å². The summed E-state index contributed by atoms with van der Waals surface area (Å²) < 4.78 is 33.7. The first-order valence-corrected chi connectivity index (χ1v) is 18.0. The summed E-state index contributed by atoms with van der Waals surface area (Å²) in [5, 5.41) is 29.3. The van der Waals surface area contributed by atoms with Gasteiger partial charge in [-0.15, -0.1) is 0 Å². The van der Waals surface area contributed by atoms with Crippen LogP contribution in [-0.2, 0) is 26.0 Å². The Labute approximate surface area is 268 Å². The van der Waals surface area contributed by atoms with Crippen molar-refractivity contribution in [3.05, 3.63) is 59.2 Å². The Bertz CT molecular complexity index is 1330. The van der Waals surface area contributed by atoms with Gasteiger partial charge in [-0.05, 0) is 36.1 Å².